The van der Waals surface area contributed by atoms with Gasteiger partial charge in [-0.25, -0.2) is 8.78 Å². The van der Waals surface area contributed by atoms with Crippen LogP contribution in [0, 0.1) is 11.8 Å². The summed E-state index contributed by atoms with van der Waals surface area (Å²) in [4.78, 5) is 2.59. The minimum absolute atomic E-state index is 0.159. The van der Waals surface area contributed by atoms with E-state index in [1.54, 1.807) is 0 Å². The molecule has 1 aliphatic heterocycles. The van der Waals surface area contributed by atoms with E-state index in [0.29, 0.717) is 17.9 Å². The first-order valence-electron chi connectivity index (χ1n) is 8.32. The van der Waals surface area contributed by atoms with Gasteiger partial charge in [-0.15, -0.1) is 0 Å². The zero-order valence-corrected chi connectivity index (χ0v) is 13.0. The molecule has 0 radical (unpaired) electrons. The van der Waals surface area contributed by atoms with Crippen LogP contribution < -0.4 is 5.32 Å². The Bertz CT molecular complexity index is 278. The lowest BCUT2D eigenvalue weighted by molar-refractivity contribution is 0.0546. The summed E-state index contributed by atoms with van der Waals surface area (Å²) in [6.07, 6.45) is 5.44. The summed E-state index contributed by atoms with van der Waals surface area (Å²) >= 11 is 0. The van der Waals surface area contributed by atoms with Crippen molar-refractivity contribution in [3.8, 4) is 0 Å². The maximum absolute atomic E-state index is 12.4. The smallest absolute Gasteiger partial charge is 0.250 e. The Labute approximate surface area is 122 Å². The molecule has 2 rings (SSSR count). The second-order valence-electron chi connectivity index (χ2n) is 6.98. The molecule has 0 amide bonds. The summed E-state index contributed by atoms with van der Waals surface area (Å²) in [6, 6.07) is 0.938. The number of nitrogens with one attached hydrogen (secondary N) is 1. The predicted molar refractivity (Wildman–Crippen MR) is 79.2 cm³/mol. The van der Waals surface area contributed by atoms with Crippen molar-refractivity contribution in [3.05, 3.63) is 0 Å². The Hall–Kier alpha value is -0.220. The third kappa shape index (κ3) is 4.66. The molecule has 0 spiro atoms. The molecule has 1 saturated carbocycles. The molecule has 4 heteroatoms. The highest BCUT2D eigenvalue weighted by atomic mass is 19.3. The van der Waals surface area contributed by atoms with Crippen molar-refractivity contribution >= 4 is 0 Å². The lowest BCUT2D eigenvalue weighted by Gasteiger charge is -2.44. The van der Waals surface area contributed by atoms with Crippen molar-refractivity contribution in [2.75, 3.05) is 19.6 Å². The maximum atomic E-state index is 12.4. The van der Waals surface area contributed by atoms with E-state index < -0.39 is 6.43 Å². The zero-order chi connectivity index (χ0) is 14.5. The number of hydrogen-bond donors (Lipinski definition) is 1. The van der Waals surface area contributed by atoms with Crippen LogP contribution in [0.2, 0.25) is 0 Å². The van der Waals surface area contributed by atoms with Crippen LogP contribution in [0.5, 0.6) is 0 Å². The molecular weight excluding hydrogens is 258 g/mol. The summed E-state index contributed by atoms with van der Waals surface area (Å²) in [5, 5.41) is 3.08. The Morgan fingerprint density at radius 1 is 1.10 bits per heavy atom. The quantitative estimate of drug-likeness (QED) is 0.832. The zero-order valence-electron chi connectivity index (χ0n) is 13.0. The topological polar surface area (TPSA) is 15.3 Å². The molecule has 2 nitrogen and oxygen atoms in total. The van der Waals surface area contributed by atoms with Crippen LogP contribution in [0.1, 0.15) is 52.4 Å². The second kappa shape index (κ2) is 7.69. The molecule has 118 valence electrons. The molecule has 0 bridgehead atoms. The van der Waals surface area contributed by atoms with Gasteiger partial charge in [0.2, 0.25) is 0 Å². The lowest BCUT2D eigenvalue weighted by Crippen LogP contribution is -2.54. The normalized spacial score (nSPS) is 30.3. The number of rotatable bonds is 5. The van der Waals surface area contributed by atoms with E-state index in [-0.39, 0.29) is 12.6 Å². The van der Waals surface area contributed by atoms with Crippen molar-refractivity contribution in [2.45, 2.75) is 70.9 Å². The summed E-state index contributed by atoms with van der Waals surface area (Å²) in [5.41, 5.74) is 0. The van der Waals surface area contributed by atoms with Crippen LogP contribution in [0.25, 0.3) is 0 Å². The molecule has 1 N–H and O–H groups in total. The third-order valence-electron chi connectivity index (χ3n) is 5.11. The Morgan fingerprint density at radius 2 is 1.80 bits per heavy atom. The SMILES string of the molecule is CC(C)C1CC(NCC(F)F)CN(C2CCCCC2)C1. The van der Waals surface area contributed by atoms with Gasteiger partial charge in [0.05, 0.1) is 6.54 Å². The highest BCUT2D eigenvalue weighted by Gasteiger charge is 2.33. The van der Waals surface area contributed by atoms with E-state index in [1.165, 1.54) is 32.1 Å². The fraction of sp³-hybridized carbons (Fsp3) is 1.00. The van der Waals surface area contributed by atoms with Crippen molar-refractivity contribution < 1.29 is 8.78 Å². The molecule has 2 unspecified atom stereocenters. The van der Waals surface area contributed by atoms with E-state index in [9.17, 15) is 8.78 Å². The average molecular weight is 288 g/mol. The Kier molecular flexibility index (Phi) is 6.21. The van der Waals surface area contributed by atoms with Gasteiger partial charge in [-0.05, 0) is 31.1 Å². The van der Waals surface area contributed by atoms with Gasteiger partial charge >= 0.3 is 0 Å². The van der Waals surface area contributed by atoms with Gasteiger partial charge in [-0.1, -0.05) is 33.1 Å². The first-order chi connectivity index (χ1) is 9.56. The van der Waals surface area contributed by atoms with Crippen LogP contribution in [-0.4, -0.2) is 43.0 Å². The minimum Gasteiger partial charge on any atom is -0.307 e. The van der Waals surface area contributed by atoms with Gasteiger partial charge in [0.25, 0.3) is 6.43 Å². The molecule has 1 heterocycles. The maximum Gasteiger partial charge on any atom is 0.250 e. The molecule has 2 aliphatic rings. The number of piperidine rings is 1. The van der Waals surface area contributed by atoms with Crippen molar-refractivity contribution in [1.82, 2.24) is 10.2 Å². The lowest BCUT2D eigenvalue weighted by atomic mass is 9.83. The molecule has 1 aliphatic carbocycles. The predicted octanol–water partition coefficient (Wildman–Crippen LogP) is 3.52. The number of likely N-dealkylation sites (tertiary alicyclic amines) is 1. The van der Waals surface area contributed by atoms with Gasteiger partial charge in [-0.2, -0.15) is 0 Å². The molecule has 0 aromatic carbocycles. The van der Waals surface area contributed by atoms with E-state index in [4.69, 9.17) is 0 Å². The first kappa shape index (κ1) is 16.2. The largest absolute Gasteiger partial charge is 0.307 e. The molecule has 2 atom stereocenters. The first-order valence-corrected chi connectivity index (χ1v) is 8.32. The molecule has 20 heavy (non-hydrogen) atoms. The van der Waals surface area contributed by atoms with E-state index in [2.05, 4.69) is 24.1 Å². The summed E-state index contributed by atoms with van der Waals surface area (Å²) in [6.45, 7) is 6.49. The van der Waals surface area contributed by atoms with Gasteiger partial charge in [0, 0.05) is 25.2 Å². The molecule has 1 saturated heterocycles. The fourth-order valence-electron chi connectivity index (χ4n) is 3.80. The van der Waals surface area contributed by atoms with Gasteiger partial charge in [0.15, 0.2) is 0 Å². The fourth-order valence-corrected chi connectivity index (χ4v) is 3.80. The molecule has 0 aromatic heterocycles. The van der Waals surface area contributed by atoms with E-state index in [1.807, 2.05) is 0 Å². The van der Waals surface area contributed by atoms with Crippen molar-refractivity contribution in [1.29, 1.82) is 0 Å². The van der Waals surface area contributed by atoms with Gasteiger partial charge in [0.1, 0.15) is 0 Å². The molecule has 0 aromatic rings. The van der Waals surface area contributed by atoms with Crippen LogP contribution in [0.4, 0.5) is 8.78 Å². The van der Waals surface area contributed by atoms with Crippen LogP contribution in [0.15, 0.2) is 0 Å². The number of halogens is 2. The average Bonchev–Trinajstić information content (AvgIpc) is 2.45. The minimum atomic E-state index is -2.24. The highest BCUT2D eigenvalue weighted by molar-refractivity contribution is 4.89. The Balaban J connectivity index is 1.92. The van der Waals surface area contributed by atoms with Gasteiger partial charge in [-0.3, -0.25) is 4.90 Å². The Morgan fingerprint density at radius 3 is 2.40 bits per heavy atom. The summed E-state index contributed by atoms with van der Waals surface area (Å²) in [7, 11) is 0. The van der Waals surface area contributed by atoms with Crippen molar-refractivity contribution in [3.63, 3.8) is 0 Å². The van der Waals surface area contributed by atoms with Crippen molar-refractivity contribution in [2.24, 2.45) is 11.8 Å². The van der Waals surface area contributed by atoms with Crippen LogP contribution in [0.3, 0.4) is 0 Å². The van der Waals surface area contributed by atoms with Crippen LogP contribution in [-0.2, 0) is 0 Å². The van der Waals surface area contributed by atoms with Crippen LogP contribution >= 0.6 is 0 Å². The summed E-state index contributed by atoms with van der Waals surface area (Å²) < 4.78 is 24.8. The molecular formula is C16H30F2N2. The number of nitrogens with zero attached hydrogens (tertiary/aromatic N) is 1. The third-order valence-corrected chi connectivity index (χ3v) is 5.11. The second-order valence-corrected chi connectivity index (χ2v) is 6.98. The number of hydrogen-bond acceptors (Lipinski definition) is 2. The molecule has 2 fully saturated rings. The van der Waals surface area contributed by atoms with E-state index >= 15 is 0 Å². The van der Waals surface area contributed by atoms with E-state index in [0.717, 1.165) is 19.5 Å². The monoisotopic (exact) mass is 288 g/mol. The summed E-state index contributed by atoms with van der Waals surface area (Å²) in [5.74, 6) is 1.28. The van der Waals surface area contributed by atoms with Gasteiger partial charge < -0.3 is 5.32 Å². The number of alkyl halides is 2. The highest BCUT2D eigenvalue weighted by Crippen LogP contribution is 2.30. The standard InChI is InChI=1S/C16H30F2N2/c1-12(2)13-8-14(19-9-16(17)18)11-20(10-13)15-6-4-3-5-7-15/h12-16,19H,3-11H2,1-2H3.